The van der Waals surface area contributed by atoms with Gasteiger partial charge in [0.05, 0.1) is 18.2 Å². The molecule has 1 fully saturated rings. The molecule has 4 aromatic rings. The first-order valence-electron chi connectivity index (χ1n) is 11.8. The Morgan fingerprint density at radius 3 is 2.39 bits per heavy atom. The van der Waals surface area contributed by atoms with E-state index in [-0.39, 0.29) is 11.5 Å². The molecular formula is C31H21N3O2. The van der Waals surface area contributed by atoms with Crippen molar-refractivity contribution in [1.82, 2.24) is 0 Å². The summed E-state index contributed by atoms with van der Waals surface area (Å²) in [7, 11) is 0. The smallest absolute Gasteiger partial charge is 0.185 e. The van der Waals surface area contributed by atoms with Crippen LogP contribution in [0.1, 0.15) is 27.4 Å². The number of fused-ring (bicyclic) bond motifs is 5. The van der Waals surface area contributed by atoms with E-state index < -0.39 is 23.4 Å². The van der Waals surface area contributed by atoms with Gasteiger partial charge in [0.15, 0.2) is 11.2 Å². The van der Waals surface area contributed by atoms with E-state index in [1.165, 1.54) is 0 Å². The van der Waals surface area contributed by atoms with Crippen molar-refractivity contribution in [2.45, 2.75) is 18.0 Å². The van der Waals surface area contributed by atoms with Gasteiger partial charge in [-0.1, -0.05) is 84.9 Å². The van der Waals surface area contributed by atoms with Crippen molar-refractivity contribution in [3.8, 4) is 17.9 Å². The number of phenolic OH excluding ortho intramolecular Hbond substituents is 1. The molecular weight excluding hydrogens is 446 g/mol. The van der Waals surface area contributed by atoms with Crippen LogP contribution >= 0.6 is 0 Å². The number of carbonyl (C=O) groups excluding carboxylic acids is 1. The summed E-state index contributed by atoms with van der Waals surface area (Å²) in [6, 6.07) is 30.7. The Morgan fingerprint density at radius 2 is 1.64 bits per heavy atom. The Kier molecular flexibility index (Phi) is 4.88. The third kappa shape index (κ3) is 2.97. The third-order valence-electron chi connectivity index (χ3n) is 7.47. The lowest BCUT2D eigenvalue weighted by atomic mass is 9.69. The number of hydrogen-bond donors (Lipinski definition) is 1. The molecule has 172 valence electrons. The zero-order chi connectivity index (χ0) is 24.9. The monoisotopic (exact) mass is 467 g/mol. The average molecular weight is 468 g/mol. The molecule has 3 atom stereocenters. The zero-order valence-electron chi connectivity index (χ0n) is 19.2. The highest BCUT2D eigenvalue weighted by molar-refractivity contribution is 6.06. The molecule has 4 aromatic carbocycles. The lowest BCUT2D eigenvalue weighted by Crippen LogP contribution is -2.44. The Balaban J connectivity index is 1.65. The summed E-state index contributed by atoms with van der Waals surface area (Å²) in [6.07, 6.45) is 3.85. The second-order valence-electron chi connectivity index (χ2n) is 9.27. The maximum atomic E-state index is 14.2. The summed E-state index contributed by atoms with van der Waals surface area (Å²) in [5.41, 5.74) is 1.31. The van der Waals surface area contributed by atoms with Crippen molar-refractivity contribution >= 4 is 28.3 Å². The maximum Gasteiger partial charge on any atom is 0.185 e. The summed E-state index contributed by atoms with van der Waals surface area (Å²) in [6.45, 7) is 0. The lowest BCUT2D eigenvalue weighted by Gasteiger charge is -2.36. The number of carbonyl (C=O) groups is 1. The van der Waals surface area contributed by atoms with Crippen LogP contribution in [0.25, 0.3) is 16.8 Å². The van der Waals surface area contributed by atoms with Crippen molar-refractivity contribution in [3.63, 3.8) is 0 Å². The lowest BCUT2D eigenvalue weighted by molar-refractivity contribution is 0.0951. The summed E-state index contributed by atoms with van der Waals surface area (Å²) in [5.74, 6) is -0.940. The Bertz CT molecular complexity index is 1610. The fourth-order valence-electron chi connectivity index (χ4n) is 5.91. The number of phenols is 1. The molecule has 5 nitrogen and oxygen atoms in total. The van der Waals surface area contributed by atoms with Crippen molar-refractivity contribution in [2.24, 2.45) is 5.41 Å². The first-order chi connectivity index (χ1) is 17.6. The first-order valence-corrected chi connectivity index (χ1v) is 11.8. The number of aromatic hydroxyl groups is 1. The molecule has 0 saturated carbocycles. The topological polar surface area (TPSA) is 88.1 Å². The number of nitriles is 2. The molecule has 1 N–H and O–H groups in total. The number of nitrogens with zero attached hydrogens (tertiary/aromatic N) is 3. The molecule has 0 radical (unpaired) electrons. The van der Waals surface area contributed by atoms with Gasteiger partial charge >= 0.3 is 0 Å². The molecule has 6 rings (SSSR count). The van der Waals surface area contributed by atoms with E-state index in [0.717, 1.165) is 22.0 Å². The zero-order valence-corrected chi connectivity index (χ0v) is 19.2. The third-order valence-corrected chi connectivity index (χ3v) is 7.47. The van der Waals surface area contributed by atoms with Crippen LogP contribution in [0.2, 0.25) is 0 Å². The molecule has 0 spiro atoms. The van der Waals surface area contributed by atoms with Gasteiger partial charge in [-0.3, -0.25) is 4.79 Å². The first kappa shape index (κ1) is 21.6. The summed E-state index contributed by atoms with van der Waals surface area (Å²) >= 11 is 0. The Morgan fingerprint density at radius 1 is 0.889 bits per heavy atom. The van der Waals surface area contributed by atoms with Gasteiger partial charge in [0.2, 0.25) is 0 Å². The van der Waals surface area contributed by atoms with Crippen molar-refractivity contribution in [2.75, 3.05) is 4.90 Å². The van der Waals surface area contributed by atoms with E-state index in [0.29, 0.717) is 11.1 Å². The fraction of sp³-hybridized carbons (Fsp3) is 0.129. The number of ketones is 1. The van der Waals surface area contributed by atoms with Crippen LogP contribution in [0.4, 0.5) is 5.69 Å². The van der Waals surface area contributed by atoms with Crippen LogP contribution in [-0.2, 0) is 0 Å². The average Bonchev–Trinajstić information content (AvgIpc) is 3.24. The van der Waals surface area contributed by atoms with Gasteiger partial charge in [-0.25, -0.2) is 0 Å². The Hall–Kier alpha value is -4.87. The minimum absolute atomic E-state index is 0.0231. The van der Waals surface area contributed by atoms with Crippen LogP contribution in [-0.4, -0.2) is 23.0 Å². The van der Waals surface area contributed by atoms with E-state index in [2.05, 4.69) is 12.1 Å². The molecule has 0 bridgehead atoms. The predicted octanol–water partition coefficient (Wildman–Crippen LogP) is 5.83. The van der Waals surface area contributed by atoms with Crippen molar-refractivity contribution in [3.05, 3.63) is 114 Å². The molecule has 0 aromatic heterocycles. The number of rotatable bonds is 3. The molecule has 1 saturated heterocycles. The minimum Gasteiger partial charge on any atom is -0.508 e. The second-order valence-corrected chi connectivity index (χ2v) is 9.27. The maximum absolute atomic E-state index is 14.2. The summed E-state index contributed by atoms with van der Waals surface area (Å²) in [4.78, 5) is 16.2. The number of Topliss-reactive ketones (excluding diaryl/α,β-unsaturated/α-hetero) is 1. The molecule has 2 aliphatic rings. The van der Waals surface area contributed by atoms with Gasteiger partial charge in [-0.15, -0.1) is 0 Å². The van der Waals surface area contributed by atoms with E-state index in [4.69, 9.17) is 0 Å². The molecule has 36 heavy (non-hydrogen) atoms. The van der Waals surface area contributed by atoms with Gasteiger partial charge < -0.3 is 10.0 Å². The normalized spacial score (nSPS) is 21.3. The van der Waals surface area contributed by atoms with Crippen LogP contribution < -0.4 is 4.90 Å². The van der Waals surface area contributed by atoms with E-state index in [1.807, 2.05) is 71.6 Å². The SMILES string of the molecule is N#CC1(C#N)[C@H](c2cccc(O)c2)[C@H](C(=O)c2ccccc2)N2c3ccc4ccccc4c3C=C[C@H]21. The molecule has 0 aliphatic carbocycles. The van der Waals surface area contributed by atoms with Crippen LogP contribution in [0.5, 0.6) is 5.75 Å². The standard InChI is InChI=1S/C31H21N3O2/c32-18-31(19-33)27-16-14-25-24-12-5-4-7-20(24)13-15-26(25)34(27)29(30(36)21-8-2-1-3-9-21)28(31)22-10-6-11-23(35)17-22/h1-17,27-29,35H/t27-,28+,29+/m0/s1. The van der Waals surface area contributed by atoms with Gasteiger partial charge in [0, 0.05) is 22.7 Å². The second kappa shape index (κ2) is 8.12. The molecule has 0 unspecified atom stereocenters. The van der Waals surface area contributed by atoms with Crippen LogP contribution in [0.3, 0.4) is 0 Å². The molecule has 5 heteroatoms. The molecule has 2 aliphatic heterocycles. The molecule has 2 heterocycles. The highest BCUT2D eigenvalue weighted by Gasteiger charge is 2.63. The van der Waals surface area contributed by atoms with Gasteiger partial charge in [-0.05, 0) is 34.5 Å². The number of hydrogen-bond acceptors (Lipinski definition) is 5. The van der Waals surface area contributed by atoms with Gasteiger partial charge in [-0.2, -0.15) is 10.5 Å². The largest absolute Gasteiger partial charge is 0.508 e. The molecule has 0 amide bonds. The van der Waals surface area contributed by atoms with Crippen LogP contribution in [0, 0.1) is 28.1 Å². The van der Waals surface area contributed by atoms with E-state index in [1.54, 1.807) is 36.4 Å². The van der Waals surface area contributed by atoms with Gasteiger partial charge in [0.25, 0.3) is 0 Å². The minimum atomic E-state index is -1.55. The number of benzene rings is 4. The van der Waals surface area contributed by atoms with Crippen molar-refractivity contribution < 1.29 is 9.90 Å². The predicted molar refractivity (Wildman–Crippen MR) is 138 cm³/mol. The van der Waals surface area contributed by atoms with Gasteiger partial charge in [0.1, 0.15) is 11.8 Å². The number of anilines is 1. The fourth-order valence-corrected chi connectivity index (χ4v) is 5.91. The highest BCUT2D eigenvalue weighted by atomic mass is 16.3. The van der Waals surface area contributed by atoms with E-state index >= 15 is 0 Å². The highest BCUT2D eigenvalue weighted by Crippen LogP contribution is 2.56. The summed E-state index contributed by atoms with van der Waals surface area (Å²) in [5, 5.41) is 33.5. The van der Waals surface area contributed by atoms with Crippen LogP contribution in [0.15, 0.2) is 97.1 Å². The Labute approximate surface area is 208 Å². The van der Waals surface area contributed by atoms with Crippen molar-refractivity contribution in [1.29, 1.82) is 10.5 Å². The van der Waals surface area contributed by atoms with E-state index in [9.17, 15) is 20.4 Å². The summed E-state index contributed by atoms with van der Waals surface area (Å²) < 4.78 is 0. The quantitative estimate of drug-likeness (QED) is 0.383.